The Labute approximate surface area is 201 Å². The highest BCUT2D eigenvalue weighted by molar-refractivity contribution is 6.29. The molecule has 0 radical (unpaired) electrons. The summed E-state index contributed by atoms with van der Waals surface area (Å²) in [6, 6.07) is 10.4. The molecule has 0 saturated carbocycles. The number of halogens is 1. The van der Waals surface area contributed by atoms with Crippen LogP contribution < -0.4 is 15.4 Å². The van der Waals surface area contributed by atoms with Gasteiger partial charge < -0.3 is 15.4 Å². The summed E-state index contributed by atoms with van der Waals surface area (Å²) in [5.74, 6) is 0.358. The predicted molar refractivity (Wildman–Crippen MR) is 131 cm³/mol. The fourth-order valence-corrected chi connectivity index (χ4v) is 3.15. The molecule has 3 heterocycles. The average molecular weight is 484 g/mol. The number of alkyl halides is 1. The molecule has 0 fully saturated rings. The minimum atomic E-state index is -0.359. The van der Waals surface area contributed by atoms with Gasteiger partial charge in [0.05, 0.1) is 11.9 Å². The maximum absolute atomic E-state index is 12.6. The maximum atomic E-state index is 12.6. The first-order valence-electron chi connectivity index (χ1n) is 10.6. The van der Waals surface area contributed by atoms with Gasteiger partial charge in [0.15, 0.2) is 11.5 Å². The first kappa shape index (κ1) is 24.7. The number of anilines is 2. The molecule has 2 N–H and O–H groups in total. The van der Waals surface area contributed by atoms with Gasteiger partial charge in [0.2, 0.25) is 11.8 Å². The number of imidazole rings is 1. The molecular formula is C23H26ClN7O3. The van der Waals surface area contributed by atoms with Crippen LogP contribution in [0.3, 0.4) is 0 Å². The van der Waals surface area contributed by atoms with Crippen LogP contribution in [0.2, 0.25) is 0 Å². The molecule has 0 aliphatic heterocycles. The molecule has 34 heavy (non-hydrogen) atoms. The Morgan fingerprint density at radius 1 is 1.06 bits per heavy atom. The van der Waals surface area contributed by atoms with Crippen molar-refractivity contribution in [1.82, 2.24) is 24.4 Å². The van der Waals surface area contributed by atoms with Gasteiger partial charge in [-0.1, -0.05) is 19.9 Å². The van der Waals surface area contributed by atoms with Gasteiger partial charge in [-0.15, -0.1) is 16.7 Å². The second kappa shape index (κ2) is 10.8. The normalized spacial score (nSPS) is 10.4. The number of hydrogen-bond donors (Lipinski definition) is 2. The number of hydrogen-bond acceptors (Lipinski definition) is 6. The lowest BCUT2D eigenvalue weighted by Gasteiger charge is -2.11. The van der Waals surface area contributed by atoms with Crippen molar-refractivity contribution in [2.75, 3.05) is 16.5 Å². The SMILES string of the molecule is CC.Cc1cc(C(=O)Nc2cc(Oc3ccc4nc(NC(=O)CCl)cn4n3)ccc2C)n(C)n1. The molecular weight excluding hydrogens is 458 g/mol. The number of fused-ring (bicyclic) bond motifs is 1. The number of aryl methyl sites for hydroxylation is 3. The van der Waals surface area contributed by atoms with E-state index < -0.39 is 0 Å². The molecule has 0 bridgehead atoms. The maximum Gasteiger partial charge on any atom is 0.273 e. The molecule has 178 valence electrons. The molecule has 2 amide bonds. The van der Waals surface area contributed by atoms with Crippen LogP contribution >= 0.6 is 11.6 Å². The minimum Gasteiger partial charge on any atom is -0.438 e. The van der Waals surface area contributed by atoms with E-state index in [-0.39, 0.29) is 17.7 Å². The average Bonchev–Trinajstić information content (AvgIpc) is 3.38. The van der Waals surface area contributed by atoms with E-state index in [0.717, 1.165) is 11.3 Å². The fraction of sp³-hybridized carbons (Fsp3) is 0.261. The van der Waals surface area contributed by atoms with Gasteiger partial charge >= 0.3 is 0 Å². The van der Waals surface area contributed by atoms with Gasteiger partial charge in [0, 0.05) is 24.9 Å². The summed E-state index contributed by atoms with van der Waals surface area (Å²) < 4.78 is 8.89. The van der Waals surface area contributed by atoms with Crippen molar-refractivity contribution in [2.45, 2.75) is 27.7 Å². The molecule has 10 nitrogen and oxygen atoms in total. The van der Waals surface area contributed by atoms with Crippen molar-refractivity contribution in [3.05, 3.63) is 59.5 Å². The lowest BCUT2D eigenvalue weighted by molar-refractivity contribution is -0.113. The largest absolute Gasteiger partial charge is 0.438 e. The molecule has 0 aliphatic carbocycles. The van der Waals surface area contributed by atoms with E-state index in [1.165, 1.54) is 9.20 Å². The molecule has 0 atom stereocenters. The first-order valence-corrected chi connectivity index (χ1v) is 11.2. The molecule has 4 rings (SSSR count). The van der Waals surface area contributed by atoms with Crippen LogP contribution in [0.4, 0.5) is 11.5 Å². The lowest BCUT2D eigenvalue weighted by atomic mass is 10.2. The third kappa shape index (κ3) is 5.70. The third-order valence-corrected chi connectivity index (χ3v) is 4.84. The van der Waals surface area contributed by atoms with Crippen molar-refractivity contribution >= 4 is 40.6 Å². The van der Waals surface area contributed by atoms with Crippen LogP contribution in [0.15, 0.2) is 42.6 Å². The number of carbonyl (C=O) groups is 2. The number of benzene rings is 1. The smallest absolute Gasteiger partial charge is 0.273 e. The van der Waals surface area contributed by atoms with E-state index in [1.54, 1.807) is 43.6 Å². The second-order valence-electron chi connectivity index (χ2n) is 7.11. The van der Waals surface area contributed by atoms with Crippen molar-refractivity contribution in [3.63, 3.8) is 0 Å². The summed E-state index contributed by atoms with van der Waals surface area (Å²) in [5, 5.41) is 14.0. The number of rotatable bonds is 6. The quantitative estimate of drug-likeness (QED) is 0.394. The first-order chi connectivity index (χ1) is 16.3. The zero-order valence-corrected chi connectivity index (χ0v) is 20.3. The Morgan fingerprint density at radius 2 is 1.82 bits per heavy atom. The lowest BCUT2D eigenvalue weighted by Crippen LogP contribution is -2.16. The Balaban J connectivity index is 0.00000158. The molecule has 0 unspecified atom stereocenters. The summed E-state index contributed by atoms with van der Waals surface area (Å²) in [4.78, 5) is 28.3. The van der Waals surface area contributed by atoms with Gasteiger partial charge in [-0.2, -0.15) is 5.10 Å². The molecule has 11 heteroatoms. The van der Waals surface area contributed by atoms with Gasteiger partial charge in [-0.05, 0) is 37.6 Å². The number of aromatic nitrogens is 5. The molecule has 3 aromatic heterocycles. The number of nitrogens with one attached hydrogen (secondary N) is 2. The van der Waals surface area contributed by atoms with Crippen LogP contribution in [-0.2, 0) is 11.8 Å². The van der Waals surface area contributed by atoms with E-state index in [4.69, 9.17) is 16.3 Å². The summed E-state index contributed by atoms with van der Waals surface area (Å²) >= 11 is 5.50. The van der Waals surface area contributed by atoms with Crippen LogP contribution in [0, 0.1) is 13.8 Å². The highest BCUT2D eigenvalue weighted by atomic mass is 35.5. The van der Waals surface area contributed by atoms with Crippen LogP contribution in [0.1, 0.15) is 35.6 Å². The van der Waals surface area contributed by atoms with Crippen molar-refractivity contribution in [1.29, 1.82) is 0 Å². The number of carbonyl (C=O) groups excluding carboxylic acids is 2. The van der Waals surface area contributed by atoms with Crippen LogP contribution in [0.5, 0.6) is 11.6 Å². The van der Waals surface area contributed by atoms with Gasteiger partial charge in [-0.25, -0.2) is 9.50 Å². The summed E-state index contributed by atoms with van der Waals surface area (Å²) in [5.41, 5.74) is 3.24. The highest BCUT2D eigenvalue weighted by Crippen LogP contribution is 2.26. The Kier molecular flexibility index (Phi) is 7.85. The zero-order valence-electron chi connectivity index (χ0n) is 19.6. The molecule has 1 aromatic carbocycles. The van der Waals surface area contributed by atoms with Crippen molar-refractivity contribution < 1.29 is 14.3 Å². The number of nitrogens with zero attached hydrogens (tertiary/aromatic N) is 5. The van der Waals surface area contributed by atoms with E-state index in [1.807, 2.05) is 33.8 Å². The highest BCUT2D eigenvalue weighted by Gasteiger charge is 2.14. The number of amides is 2. The van der Waals surface area contributed by atoms with Crippen molar-refractivity contribution in [3.8, 4) is 11.6 Å². The zero-order chi connectivity index (χ0) is 24.8. The molecule has 0 spiro atoms. The summed E-state index contributed by atoms with van der Waals surface area (Å²) in [6.07, 6.45) is 1.56. The fourth-order valence-electron chi connectivity index (χ4n) is 3.08. The van der Waals surface area contributed by atoms with E-state index >= 15 is 0 Å². The molecule has 4 aromatic rings. The van der Waals surface area contributed by atoms with E-state index in [2.05, 4.69) is 25.8 Å². The summed E-state index contributed by atoms with van der Waals surface area (Å²) in [6.45, 7) is 7.72. The van der Waals surface area contributed by atoms with E-state index in [0.29, 0.717) is 34.5 Å². The topological polar surface area (TPSA) is 115 Å². The van der Waals surface area contributed by atoms with Crippen molar-refractivity contribution in [2.24, 2.45) is 7.05 Å². The standard InChI is InChI=1S/C21H20ClN7O3.C2H6/c1-12-4-5-14(9-15(12)23-21(31)16-8-13(2)26-28(16)3)32-20-7-6-18-24-17(11-29(18)27-20)25-19(30)10-22;1-2/h4-9,11H,10H2,1-3H3,(H,23,31)(H,25,30);1-2H3. The summed E-state index contributed by atoms with van der Waals surface area (Å²) in [7, 11) is 1.72. The second-order valence-corrected chi connectivity index (χ2v) is 7.38. The monoisotopic (exact) mass is 483 g/mol. The Bertz CT molecular complexity index is 1330. The molecule has 0 aliphatic rings. The van der Waals surface area contributed by atoms with Gasteiger partial charge in [0.1, 0.15) is 17.3 Å². The Hall–Kier alpha value is -3.92. The van der Waals surface area contributed by atoms with Crippen LogP contribution in [-0.4, -0.2) is 42.1 Å². The van der Waals surface area contributed by atoms with Gasteiger partial charge in [0.25, 0.3) is 5.91 Å². The van der Waals surface area contributed by atoms with Gasteiger partial charge in [-0.3, -0.25) is 14.3 Å². The van der Waals surface area contributed by atoms with Crippen LogP contribution in [0.25, 0.3) is 5.65 Å². The number of ether oxygens (including phenoxy) is 1. The molecule has 0 saturated heterocycles. The third-order valence-electron chi connectivity index (χ3n) is 4.60. The Morgan fingerprint density at radius 3 is 2.50 bits per heavy atom. The minimum absolute atomic E-state index is 0.165. The van der Waals surface area contributed by atoms with E-state index in [9.17, 15) is 9.59 Å². The predicted octanol–water partition coefficient (Wildman–Crippen LogP) is 4.33.